The van der Waals surface area contributed by atoms with E-state index >= 15 is 0 Å². The van der Waals surface area contributed by atoms with Gasteiger partial charge in [0.1, 0.15) is 5.82 Å². The molecule has 0 radical (unpaired) electrons. The van der Waals surface area contributed by atoms with Crippen molar-refractivity contribution in [3.63, 3.8) is 0 Å². The maximum Gasteiger partial charge on any atom is 0.315 e. The SMILES string of the molecule is CC(=O)c1c(C2CC3CC[C@@H](C2)N3C(N)=O)nc2c(-c3ccc(-c4cnn(C)c4)nc3)cnn2c1N. The van der Waals surface area contributed by atoms with Gasteiger partial charge in [0.2, 0.25) is 0 Å². The molecule has 6 heterocycles. The Labute approximate surface area is 207 Å². The van der Waals surface area contributed by atoms with Crippen molar-refractivity contribution < 1.29 is 9.59 Å². The quantitative estimate of drug-likeness (QED) is 0.422. The zero-order valence-electron chi connectivity index (χ0n) is 20.1. The zero-order chi connectivity index (χ0) is 25.1. The van der Waals surface area contributed by atoms with Crippen LogP contribution in [0.4, 0.5) is 10.6 Å². The zero-order valence-corrected chi connectivity index (χ0v) is 20.1. The predicted octanol–water partition coefficient (Wildman–Crippen LogP) is 2.77. The molecule has 2 fully saturated rings. The molecule has 184 valence electrons. The number of nitrogen functional groups attached to an aromatic ring is 1. The second kappa shape index (κ2) is 8.14. The van der Waals surface area contributed by atoms with Crippen molar-refractivity contribution in [2.45, 2.75) is 50.6 Å². The monoisotopic (exact) mass is 485 g/mol. The number of carbonyl (C=O) groups excluding carboxylic acids is 2. The van der Waals surface area contributed by atoms with Crippen molar-refractivity contribution in [1.29, 1.82) is 0 Å². The van der Waals surface area contributed by atoms with Crippen LogP contribution in [0.25, 0.3) is 28.0 Å². The van der Waals surface area contributed by atoms with Gasteiger partial charge in [-0.25, -0.2) is 9.78 Å². The van der Waals surface area contributed by atoms with Gasteiger partial charge in [0.05, 0.1) is 29.3 Å². The molecule has 36 heavy (non-hydrogen) atoms. The Morgan fingerprint density at radius 2 is 1.78 bits per heavy atom. The minimum Gasteiger partial charge on any atom is -0.383 e. The number of anilines is 1. The Hall–Kier alpha value is -4.28. The van der Waals surface area contributed by atoms with Gasteiger partial charge in [-0.1, -0.05) is 6.07 Å². The van der Waals surface area contributed by atoms with Gasteiger partial charge in [-0.05, 0) is 38.7 Å². The molecule has 0 aromatic carbocycles. The minimum atomic E-state index is -0.379. The summed E-state index contributed by atoms with van der Waals surface area (Å²) in [6, 6.07) is 3.63. The Kier molecular flexibility index (Phi) is 5.02. The van der Waals surface area contributed by atoms with Gasteiger partial charge in [0.25, 0.3) is 0 Å². The van der Waals surface area contributed by atoms with Crippen molar-refractivity contribution in [3.8, 4) is 22.4 Å². The number of aryl methyl sites for hydroxylation is 1. The molecule has 0 saturated carbocycles. The number of ketones is 1. The average molecular weight is 486 g/mol. The van der Waals surface area contributed by atoms with Crippen molar-refractivity contribution in [2.24, 2.45) is 12.8 Å². The van der Waals surface area contributed by atoms with Crippen LogP contribution < -0.4 is 11.5 Å². The summed E-state index contributed by atoms with van der Waals surface area (Å²) in [7, 11) is 1.86. The number of fused-ring (bicyclic) bond motifs is 3. The first-order chi connectivity index (χ1) is 17.3. The molecule has 6 rings (SSSR count). The standard InChI is InChI=1S/C25H27N9O2/c1-13(35)21-22(15-7-17-4-5-18(8-15)33(17)25(27)36)31-24-19(11-30-34(24)23(21)26)14-3-6-20(28-9-14)16-10-29-32(2)12-16/h3,6,9-12,15,17-18H,4-5,7-8,26H2,1-2H3,(H2,27,36)/t15?,17-,18?/m0/s1. The summed E-state index contributed by atoms with van der Waals surface area (Å²) in [4.78, 5) is 36.1. The Morgan fingerprint density at radius 3 is 2.36 bits per heavy atom. The molecule has 4 N–H and O–H groups in total. The van der Waals surface area contributed by atoms with E-state index in [9.17, 15) is 9.59 Å². The molecule has 4 aromatic heterocycles. The number of rotatable bonds is 4. The van der Waals surface area contributed by atoms with E-state index in [0.29, 0.717) is 29.7 Å². The van der Waals surface area contributed by atoms with Gasteiger partial charge in [0.15, 0.2) is 11.4 Å². The topological polar surface area (TPSA) is 150 Å². The van der Waals surface area contributed by atoms with E-state index in [1.54, 1.807) is 28.2 Å². The van der Waals surface area contributed by atoms with Gasteiger partial charge in [0, 0.05) is 54.1 Å². The summed E-state index contributed by atoms with van der Waals surface area (Å²) in [5.74, 6) is 0.123. The molecule has 4 aromatic rings. The smallest absolute Gasteiger partial charge is 0.315 e. The average Bonchev–Trinajstić information content (AvgIpc) is 3.54. The van der Waals surface area contributed by atoms with E-state index in [0.717, 1.165) is 35.2 Å². The first-order valence-electron chi connectivity index (χ1n) is 12.0. The number of amides is 2. The third-order valence-electron chi connectivity index (χ3n) is 7.51. The molecule has 0 spiro atoms. The lowest BCUT2D eigenvalue weighted by molar-refractivity contribution is 0.101. The number of hydrogen-bond acceptors (Lipinski definition) is 7. The second-order valence-electron chi connectivity index (χ2n) is 9.74. The molecule has 2 aliphatic rings. The molecule has 2 aliphatic heterocycles. The number of nitrogens with two attached hydrogens (primary N) is 2. The van der Waals surface area contributed by atoms with Gasteiger partial charge in [-0.3, -0.25) is 14.5 Å². The molecule has 2 bridgehead atoms. The number of hydrogen-bond donors (Lipinski definition) is 2. The third kappa shape index (κ3) is 3.42. The summed E-state index contributed by atoms with van der Waals surface area (Å²) in [5.41, 5.74) is 17.2. The van der Waals surface area contributed by atoms with E-state index in [-0.39, 0.29) is 35.6 Å². The molecular formula is C25H27N9O2. The van der Waals surface area contributed by atoms with Crippen molar-refractivity contribution in [2.75, 3.05) is 5.73 Å². The number of urea groups is 1. The highest BCUT2D eigenvalue weighted by Crippen LogP contribution is 2.44. The van der Waals surface area contributed by atoms with Crippen LogP contribution in [0.1, 0.15) is 54.6 Å². The lowest BCUT2D eigenvalue weighted by Gasteiger charge is -2.38. The maximum atomic E-state index is 12.7. The van der Waals surface area contributed by atoms with E-state index in [4.69, 9.17) is 16.5 Å². The largest absolute Gasteiger partial charge is 0.383 e. The Balaban J connectivity index is 1.42. The van der Waals surface area contributed by atoms with E-state index in [1.165, 1.54) is 11.4 Å². The third-order valence-corrected chi connectivity index (χ3v) is 7.51. The number of piperidine rings is 1. The summed E-state index contributed by atoms with van der Waals surface area (Å²) in [6.45, 7) is 1.50. The van der Waals surface area contributed by atoms with Gasteiger partial charge in [-0.2, -0.15) is 14.7 Å². The van der Waals surface area contributed by atoms with E-state index in [2.05, 4.69) is 15.2 Å². The van der Waals surface area contributed by atoms with Crippen LogP contribution in [0, 0.1) is 0 Å². The van der Waals surface area contributed by atoms with Crippen molar-refractivity contribution in [3.05, 3.63) is 48.2 Å². The summed E-state index contributed by atoms with van der Waals surface area (Å²) >= 11 is 0. The van der Waals surface area contributed by atoms with Crippen LogP contribution in [0.15, 0.2) is 36.9 Å². The van der Waals surface area contributed by atoms with Crippen LogP contribution in [0.5, 0.6) is 0 Å². The van der Waals surface area contributed by atoms with E-state index in [1.807, 2.05) is 25.4 Å². The lowest BCUT2D eigenvalue weighted by Crippen LogP contribution is -2.48. The molecule has 11 heteroatoms. The van der Waals surface area contributed by atoms with Gasteiger partial charge < -0.3 is 16.4 Å². The number of aromatic nitrogens is 6. The fourth-order valence-corrected chi connectivity index (χ4v) is 5.93. The predicted molar refractivity (Wildman–Crippen MR) is 133 cm³/mol. The fourth-order valence-electron chi connectivity index (χ4n) is 5.93. The Bertz CT molecular complexity index is 1490. The fraction of sp³-hybridized carbons (Fsp3) is 0.360. The number of carbonyl (C=O) groups is 2. The minimum absolute atomic E-state index is 0.00173. The number of Topliss-reactive ketones (excluding diaryl/α,β-unsaturated/α-hetero) is 1. The van der Waals surface area contributed by atoms with Crippen LogP contribution in [0.3, 0.4) is 0 Å². The molecule has 2 saturated heterocycles. The summed E-state index contributed by atoms with van der Waals surface area (Å²) < 4.78 is 3.26. The van der Waals surface area contributed by atoms with Gasteiger partial charge >= 0.3 is 6.03 Å². The highest BCUT2D eigenvalue weighted by molar-refractivity contribution is 6.00. The first-order valence-corrected chi connectivity index (χ1v) is 12.0. The molecule has 0 aliphatic carbocycles. The molecule has 11 nitrogen and oxygen atoms in total. The Morgan fingerprint density at radius 1 is 1.03 bits per heavy atom. The number of nitrogens with zero attached hydrogens (tertiary/aromatic N) is 7. The highest BCUT2D eigenvalue weighted by atomic mass is 16.2. The number of pyridine rings is 1. The number of primary amides is 1. The molecule has 3 atom stereocenters. The van der Waals surface area contributed by atoms with Crippen LogP contribution in [-0.4, -0.2) is 58.2 Å². The summed E-state index contributed by atoms with van der Waals surface area (Å²) in [6.07, 6.45) is 10.4. The van der Waals surface area contributed by atoms with Crippen LogP contribution in [0.2, 0.25) is 0 Å². The molecule has 2 unspecified atom stereocenters. The summed E-state index contributed by atoms with van der Waals surface area (Å²) in [5, 5.41) is 8.66. The normalized spacial score (nSPS) is 21.3. The first kappa shape index (κ1) is 22.2. The molecule has 2 amide bonds. The van der Waals surface area contributed by atoms with Gasteiger partial charge in [-0.15, -0.1) is 0 Å². The van der Waals surface area contributed by atoms with Crippen molar-refractivity contribution in [1.82, 2.24) is 34.3 Å². The molecular weight excluding hydrogens is 458 g/mol. The lowest BCUT2D eigenvalue weighted by atomic mass is 9.85. The maximum absolute atomic E-state index is 12.7. The van der Waals surface area contributed by atoms with Crippen LogP contribution in [-0.2, 0) is 7.05 Å². The highest BCUT2D eigenvalue weighted by Gasteiger charge is 2.44. The van der Waals surface area contributed by atoms with Crippen LogP contribution >= 0.6 is 0 Å². The van der Waals surface area contributed by atoms with Crippen molar-refractivity contribution >= 4 is 23.3 Å². The second-order valence-corrected chi connectivity index (χ2v) is 9.74. The van der Waals surface area contributed by atoms with E-state index < -0.39 is 0 Å².